The highest BCUT2D eigenvalue weighted by Crippen LogP contribution is 2.28. The van der Waals surface area contributed by atoms with Gasteiger partial charge in [0, 0.05) is 20.8 Å². The highest BCUT2D eigenvalue weighted by molar-refractivity contribution is 9.10. The van der Waals surface area contributed by atoms with Crippen LogP contribution in [0.4, 0.5) is 4.39 Å². The Balaban J connectivity index is 1.87. The van der Waals surface area contributed by atoms with Crippen molar-refractivity contribution in [3.63, 3.8) is 0 Å². The largest absolute Gasteiger partial charge is 0.288 e. The van der Waals surface area contributed by atoms with Crippen LogP contribution in [0.15, 0.2) is 82.2 Å². The van der Waals surface area contributed by atoms with Crippen LogP contribution in [0.2, 0.25) is 5.02 Å². The van der Waals surface area contributed by atoms with Gasteiger partial charge in [0.2, 0.25) is 0 Å². The number of Topliss-reactive ketones (excluding diaryl/α,β-unsaturated/α-hetero) is 1. The molecule has 0 aromatic heterocycles. The maximum Gasteiger partial charge on any atom is 0.199 e. The van der Waals surface area contributed by atoms with Crippen molar-refractivity contribution in [2.24, 2.45) is 0 Å². The number of halogens is 3. The van der Waals surface area contributed by atoms with Crippen molar-refractivity contribution in [2.75, 3.05) is 0 Å². The first kappa shape index (κ1) is 19.9. The van der Waals surface area contributed by atoms with Crippen molar-refractivity contribution < 1.29 is 9.18 Å². The van der Waals surface area contributed by atoms with Crippen LogP contribution in [-0.4, -0.2) is 5.78 Å². The van der Waals surface area contributed by atoms with E-state index in [0.29, 0.717) is 21.2 Å². The minimum atomic E-state index is -0.272. The highest BCUT2D eigenvalue weighted by atomic mass is 79.9. The molecule has 3 aromatic rings. The predicted octanol–water partition coefficient (Wildman–Crippen LogP) is 7.40. The molecule has 0 N–H and O–H groups in total. The standard InChI is InChI=1S/C22H15BrClFOS/c23-18-7-1-15(2-8-18)13-21(22(26)17-5-9-19(24)10-6-17)27-14-16-3-11-20(25)12-4-16/h1-13H,14H2/b21-13+. The number of carbonyl (C=O) groups is 1. The average Bonchev–Trinajstić information content (AvgIpc) is 2.68. The topological polar surface area (TPSA) is 17.1 Å². The Hall–Kier alpha value is -1.88. The Kier molecular flexibility index (Phi) is 6.89. The van der Waals surface area contributed by atoms with Crippen molar-refractivity contribution in [2.45, 2.75) is 5.75 Å². The van der Waals surface area contributed by atoms with E-state index in [2.05, 4.69) is 15.9 Å². The predicted molar refractivity (Wildman–Crippen MR) is 116 cm³/mol. The molecule has 1 nitrogen and oxygen atoms in total. The summed E-state index contributed by atoms with van der Waals surface area (Å²) < 4.78 is 14.1. The van der Waals surface area contributed by atoms with Gasteiger partial charge in [-0.1, -0.05) is 51.8 Å². The smallest absolute Gasteiger partial charge is 0.199 e. The number of allylic oxidation sites excluding steroid dienone is 1. The first-order valence-electron chi connectivity index (χ1n) is 8.16. The molecule has 3 aromatic carbocycles. The van der Waals surface area contributed by atoms with Crippen molar-refractivity contribution in [3.05, 3.63) is 110 Å². The number of benzene rings is 3. The molecule has 0 aliphatic rings. The minimum Gasteiger partial charge on any atom is -0.288 e. The molecule has 0 fully saturated rings. The quantitative estimate of drug-likeness (QED) is 0.281. The first-order valence-corrected chi connectivity index (χ1v) is 10.3. The molecule has 27 heavy (non-hydrogen) atoms. The molecule has 0 aliphatic carbocycles. The zero-order chi connectivity index (χ0) is 19.2. The minimum absolute atomic E-state index is 0.0679. The van der Waals surface area contributed by atoms with E-state index in [1.165, 1.54) is 23.9 Å². The lowest BCUT2D eigenvalue weighted by molar-refractivity contribution is 0.104. The first-order chi connectivity index (χ1) is 13.0. The van der Waals surface area contributed by atoms with E-state index < -0.39 is 0 Å². The average molecular weight is 462 g/mol. The summed E-state index contributed by atoms with van der Waals surface area (Å²) in [6.45, 7) is 0. The van der Waals surface area contributed by atoms with Gasteiger partial charge >= 0.3 is 0 Å². The zero-order valence-electron chi connectivity index (χ0n) is 14.2. The van der Waals surface area contributed by atoms with Crippen LogP contribution >= 0.6 is 39.3 Å². The molecule has 0 heterocycles. The van der Waals surface area contributed by atoms with Gasteiger partial charge in [0.15, 0.2) is 5.78 Å². The molecule has 5 heteroatoms. The summed E-state index contributed by atoms with van der Waals surface area (Å²) in [6, 6.07) is 20.9. The van der Waals surface area contributed by atoms with E-state index in [-0.39, 0.29) is 11.6 Å². The summed E-state index contributed by atoms with van der Waals surface area (Å²) in [7, 11) is 0. The Bertz CT molecular complexity index is 951. The number of rotatable bonds is 6. The molecule has 0 saturated heterocycles. The van der Waals surface area contributed by atoms with Crippen LogP contribution in [0.5, 0.6) is 0 Å². The van der Waals surface area contributed by atoms with Gasteiger partial charge in [0.25, 0.3) is 0 Å². The van der Waals surface area contributed by atoms with E-state index in [9.17, 15) is 9.18 Å². The normalized spacial score (nSPS) is 11.4. The number of hydrogen-bond acceptors (Lipinski definition) is 2. The summed E-state index contributed by atoms with van der Waals surface area (Å²) in [6.07, 6.45) is 1.87. The molecular formula is C22H15BrClFOS. The fraction of sp³-hybridized carbons (Fsp3) is 0.0455. The Morgan fingerprint density at radius 3 is 2.22 bits per heavy atom. The second kappa shape index (κ2) is 9.36. The van der Waals surface area contributed by atoms with Crippen LogP contribution in [0, 0.1) is 5.82 Å². The Morgan fingerprint density at radius 1 is 0.963 bits per heavy atom. The molecule has 0 unspecified atom stereocenters. The van der Waals surface area contributed by atoms with Gasteiger partial charge < -0.3 is 0 Å². The van der Waals surface area contributed by atoms with E-state index in [1.807, 2.05) is 30.3 Å². The third-order valence-electron chi connectivity index (χ3n) is 3.81. The summed E-state index contributed by atoms with van der Waals surface area (Å²) in [5.74, 6) is 0.232. The van der Waals surface area contributed by atoms with Gasteiger partial charge in [-0.2, -0.15) is 0 Å². The second-order valence-corrected chi connectivity index (χ2v) is 8.18. The van der Waals surface area contributed by atoms with E-state index >= 15 is 0 Å². The fourth-order valence-electron chi connectivity index (χ4n) is 2.37. The lowest BCUT2D eigenvalue weighted by Crippen LogP contribution is -2.01. The summed E-state index contributed by atoms with van der Waals surface area (Å²) in [4.78, 5) is 13.6. The maximum atomic E-state index is 13.1. The van der Waals surface area contributed by atoms with E-state index in [4.69, 9.17) is 11.6 Å². The molecule has 0 atom stereocenters. The lowest BCUT2D eigenvalue weighted by atomic mass is 10.1. The van der Waals surface area contributed by atoms with Crippen molar-refractivity contribution >= 4 is 51.2 Å². The molecule has 136 valence electrons. The van der Waals surface area contributed by atoms with Gasteiger partial charge in [-0.05, 0) is 65.7 Å². The summed E-state index contributed by atoms with van der Waals surface area (Å²) in [5, 5.41) is 0.587. The van der Waals surface area contributed by atoms with Gasteiger partial charge in [-0.3, -0.25) is 4.79 Å². The van der Waals surface area contributed by atoms with Gasteiger partial charge in [0.1, 0.15) is 5.82 Å². The van der Waals surface area contributed by atoms with Crippen LogP contribution in [-0.2, 0) is 5.75 Å². The Labute approximate surface area is 175 Å². The second-order valence-electron chi connectivity index (χ2n) is 5.81. The molecule has 0 spiro atoms. The maximum absolute atomic E-state index is 13.1. The SMILES string of the molecule is O=C(/C(=C\c1ccc(Br)cc1)SCc1ccc(F)cc1)c1ccc(Cl)cc1. The monoisotopic (exact) mass is 460 g/mol. The Morgan fingerprint density at radius 2 is 1.59 bits per heavy atom. The van der Waals surface area contributed by atoms with Gasteiger partial charge in [-0.15, -0.1) is 11.8 Å². The summed E-state index contributed by atoms with van der Waals surface area (Å²) >= 11 is 10.8. The fourth-order valence-corrected chi connectivity index (χ4v) is 3.74. The number of hydrogen-bond donors (Lipinski definition) is 0. The molecule has 0 radical (unpaired) electrons. The lowest BCUT2D eigenvalue weighted by Gasteiger charge is -2.08. The van der Waals surface area contributed by atoms with Crippen molar-refractivity contribution in [1.29, 1.82) is 0 Å². The van der Waals surface area contributed by atoms with E-state index in [0.717, 1.165) is 15.6 Å². The molecule has 0 amide bonds. The molecule has 0 bridgehead atoms. The number of thioether (sulfide) groups is 1. The van der Waals surface area contributed by atoms with Gasteiger partial charge in [0.05, 0.1) is 4.91 Å². The van der Waals surface area contributed by atoms with Crippen LogP contribution in [0.1, 0.15) is 21.5 Å². The third kappa shape index (κ3) is 5.80. The molecule has 3 rings (SSSR count). The molecule has 0 saturated carbocycles. The van der Waals surface area contributed by atoms with Crippen molar-refractivity contribution in [3.8, 4) is 0 Å². The van der Waals surface area contributed by atoms with Crippen molar-refractivity contribution in [1.82, 2.24) is 0 Å². The van der Waals surface area contributed by atoms with Gasteiger partial charge in [-0.25, -0.2) is 4.39 Å². The third-order valence-corrected chi connectivity index (χ3v) is 5.68. The molecule has 0 aliphatic heterocycles. The summed E-state index contributed by atoms with van der Waals surface area (Å²) in [5.41, 5.74) is 2.46. The van der Waals surface area contributed by atoms with E-state index in [1.54, 1.807) is 36.4 Å². The zero-order valence-corrected chi connectivity index (χ0v) is 17.3. The van der Waals surface area contributed by atoms with Crippen LogP contribution < -0.4 is 0 Å². The number of ketones is 1. The highest BCUT2D eigenvalue weighted by Gasteiger charge is 2.14. The number of carbonyl (C=O) groups excluding carboxylic acids is 1. The van der Waals surface area contributed by atoms with Crippen LogP contribution in [0.25, 0.3) is 6.08 Å². The van der Waals surface area contributed by atoms with Crippen LogP contribution in [0.3, 0.4) is 0 Å². The molecular weight excluding hydrogens is 447 g/mol.